The predicted octanol–water partition coefficient (Wildman–Crippen LogP) is 2.75. The highest BCUT2D eigenvalue weighted by atomic mass is 16.5. The van der Waals surface area contributed by atoms with Crippen LogP contribution in [0.5, 0.6) is 0 Å². The summed E-state index contributed by atoms with van der Waals surface area (Å²) in [5.41, 5.74) is 3.94. The fourth-order valence-corrected chi connectivity index (χ4v) is 2.00. The van der Waals surface area contributed by atoms with Crippen LogP contribution in [0.2, 0.25) is 0 Å². The minimum Gasteiger partial charge on any atom is -0.385 e. The van der Waals surface area contributed by atoms with Gasteiger partial charge in [0, 0.05) is 24.9 Å². The zero-order chi connectivity index (χ0) is 9.97. The van der Waals surface area contributed by atoms with Crippen LogP contribution in [0.15, 0.2) is 18.2 Å². The van der Waals surface area contributed by atoms with Gasteiger partial charge in [0.25, 0.3) is 0 Å². The molecular formula is C12H17NO. The summed E-state index contributed by atoms with van der Waals surface area (Å²) in [7, 11) is 1.79. The van der Waals surface area contributed by atoms with E-state index < -0.39 is 0 Å². The molecule has 1 atom stereocenters. The molecule has 0 fully saturated rings. The van der Waals surface area contributed by atoms with Gasteiger partial charge in [0.1, 0.15) is 0 Å². The second-order valence-corrected chi connectivity index (χ2v) is 3.71. The first-order valence-electron chi connectivity index (χ1n) is 5.24. The van der Waals surface area contributed by atoms with E-state index in [0.29, 0.717) is 0 Å². The summed E-state index contributed by atoms with van der Waals surface area (Å²) >= 11 is 0. The van der Waals surface area contributed by atoms with Crippen molar-refractivity contribution in [3.05, 3.63) is 29.3 Å². The highest BCUT2D eigenvalue weighted by molar-refractivity contribution is 5.55. The molecule has 2 rings (SSSR count). The van der Waals surface area contributed by atoms with E-state index in [1.807, 2.05) is 0 Å². The number of hydrogen-bond acceptors (Lipinski definition) is 2. The van der Waals surface area contributed by atoms with Gasteiger partial charge in [0.05, 0.1) is 6.10 Å². The van der Waals surface area contributed by atoms with Crippen LogP contribution in [-0.2, 0) is 11.2 Å². The summed E-state index contributed by atoms with van der Waals surface area (Å²) in [6.45, 7) is 3.19. The van der Waals surface area contributed by atoms with E-state index in [9.17, 15) is 0 Å². The van der Waals surface area contributed by atoms with E-state index in [1.54, 1.807) is 7.11 Å². The maximum atomic E-state index is 5.48. The molecule has 0 saturated carbocycles. The van der Waals surface area contributed by atoms with E-state index in [1.165, 1.54) is 16.8 Å². The van der Waals surface area contributed by atoms with Gasteiger partial charge in [-0.05, 0) is 24.5 Å². The van der Waals surface area contributed by atoms with Crippen LogP contribution >= 0.6 is 0 Å². The van der Waals surface area contributed by atoms with Crippen molar-refractivity contribution in [2.24, 2.45) is 0 Å². The molecule has 2 heteroatoms. The highest BCUT2D eigenvalue weighted by Gasteiger charge is 2.19. The molecular weight excluding hydrogens is 174 g/mol. The molecule has 1 aliphatic heterocycles. The molecule has 0 spiro atoms. The van der Waals surface area contributed by atoms with Crippen LogP contribution in [0.4, 0.5) is 5.69 Å². The maximum absolute atomic E-state index is 5.48. The normalized spacial score (nSPS) is 20.0. The number of anilines is 1. The van der Waals surface area contributed by atoms with E-state index in [2.05, 4.69) is 30.4 Å². The topological polar surface area (TPSA) is 21.3 Å². The summed E-state index contributed by atoms with van der Waals surface area (Å²) < 4.78 is 5.48. The highest BCUT2D eigenvalue weighted by Crippen LogP contribution is 2.32. The Bertz CT molecular complexity index is 322. The van der Waals surface area contributed by atoms with Crippen LogP contribution in [0, 0.1) is 0 Å². The zero-order valence-corrected chi connectivity index (χ0v) is 8.84. The number of nitrogens with one attached hydrogen (secondary N) is 1. The number of aryl methyl sites for hydroxylation is 1. The average Bonchev–Trinajstić information content (AvgIpc) is 2.27. The van der Waals surface area contributed by atoms with E-state index in [4.69, 9.17) is 4.74 Å². The van der Waals surface area contributed by atoms with Crippen LogP contribution < -0.4 is 5.32 Å². The van der Waals surface area contributed by atoms with Crippen molar-refractivity contribution in [2.75, 3.05) is 19.0 Å². The van der Waals surface area contributed by atoms with E-state index in [0.717, 1.165) is 19.4 Å². The predicted molar refractivity (Wildman–Crippen MR) is 58.7 cm³/mol. The maximum Gasteiger partial charge on any atom is 0.0857 e. The van der Waals surface area contributed by atoms with Crippen LogP contribution in [0.1, 0.15) is 30.6 Å². The van der Waals surface area contributed by atoms with Gasteiger partial charge in [0.15, 0.2) is 0 Å². The Morgan fingerprint density at radius 3 is 3.07 bits per heavy atom. The molecule has 0 amide bonds. The molecule has 1 N–H and O–H groups in total. The lowest BCUT2D eigenvalue weighted by Crippen LogP contribution is -2.18. The van der Waals surface area contributed by atoms with Crippen LogP contribution in [0.25, 0.3) is 0 Å². The van der Waals surface area contributed by atoms with Gasteiger partial charge in [-0.25, -0.2) is 0 Å². The number of hydrogen-bond donors (Lipinski definition) is 1. The smallest absolute Gasteiger partial charge is 0.0857 e. The largest absolute Gasteiger partial charge is 0.385 e. The molecule has 1 unspecified atom stereocenters. The molecule has 1 heterocycles. The SMILES string of the molecule is CCc1ccc2c(c1)C(OC)CCN2. The van der Waals surface area contributed by atoms with Crippen molar-refractivity contribution in [2.45, 2.75) is 25.9 Å². The van der Waals surface area contributed by atoms with Crippen molar-refractivity contribution in [1.29, 1.82) is 0 Å². The lowest BCUT2D eigenvalue weighted by atomic mass is 9.97. The van der Waals surface area contributed by atoms with Crippen molar-refractivity contribution in [3.8, 4) is 0 Å². The number of fused-ring (bicyclic) bond motifs is 1. The molecule has 1 aliphatic rings. The lowest BCUT2D eigenvalue weighted by molar-refractivity contribution is 0.0964. The Labute approximate surface area is 85.3 Å². The molecule has 2 nitrogen and oxygen atoms in total. The molecule has 0 aliphatic carbocycles. The van der Waals surface area contributed by atoms with Crippen molar-refractivity contribution in [1.82, 2.24) is 0 Å². The van der Waals surface area contributed by atoms with Gasteiger partial charge in [0.2, 0.25) is 0 Å². The molecule has 0 aromatic heterocycles. The molecule has 1 aromatic rings. The fourth-order valence-electron chi connectivity index (χ4n) is 2.00. The van der Waals surface area contributed by atoms with E-state index in [-0.39, 0.29) is 6.10 Å². The Hall–Kier alpha value is -1.02. The summed E-state index contributed by atoms with van der Waals surface area (Å²) in [4.78, 5) is 0. The third-order valence-corrected chi connectivity index (χ3v) is 2.88. The van der Waals surface area contributed by atoms with Crippen LogP contribution in [-0.4, -0.2) is 13.7 Å². The fraction of sp³-hybridized carbons (Fsp3) is 0.500. The third kappa shape index (κ3) is 1.62. The minimum absolute atomic E-state index is 0.276. The Morgan fingerprint density at radius 2 is 2.36 bits per heavy atom. The minimum atomic E-state index is 0.276. The second-order valence-electron chi connectivity index (χ2n) is 3.71. The second kappa shape index (κ2) is 4.01. The lowest BCUT2D eigenvalue weighted by Gasteiger charge is -2.26. The molecule has 0 radical (unpaired) electrons. The number of methoxy groups -OCH3 is 1. The van der Waals surface area contributed by atoms with Gasteiger partial charge in [-0.1, -0.05) is 19.1 Å². The Morgan fingerprint density at radius 1 is 1.50 bits per heavy atom. The molecule has 76 valence electrons. The molecule has 14 heavy (non-hydrogen) atoms. The Kier molecular flexibility index (Phi) is 2.73. The summed E-state index contributed by atoms with van der Waals surface area (Å²) in [6.07, 6.45) is 2.43. The van der Waals surface area contributed by atoms with Crippen LogP contribution in [0.3, 0.4) is 0 Å². The monoisotopic (exact) mass is 191 g/mol. The standard InChI is InChI=1S/C12H17NO/c1-3-9-4-5-11-10(8-9)12(14-2)6-7-13-11/h4-5,8,12-13H,3,6-7H2,1-2H3. The number of ether oxygens (including phenoxy) is 1. The molecule has 0 bridgehead atoms. The van der Waals surface area contributed by atoms with Gasteiger partial charge >= 0.3 is 0 Å². The average molecular weight is 191 g/mol. The summed E-state index contributed by atoms with van der Waals surface area (Å²) in [6, 6.07) is 6.61. The zero-order valence-electron chi connectivity index (χ0n) is 8.84. The third-order valence-electron chi connectivity index (χ3n) is 2.88. The van der Waals surface area contributed by atoms with Crippen molar-refractivity contribution >= 4 is 5.69 Å². The number of benzene rings is 1. The van der Waals surface area contributed by atoms with Gasteiger partial charge < -0.3 is 10.1 Å². The van der Waals surface area contributed by atoms with Gasteiger partial charge in [-0.2, -0.15) is 0 Å². The van der Waals surface area contributed by atoms with Gasteiger partial charge in [-0.3, -0.25) is 0 Å². The summed E-state index contributed by atoms with van der Waals surface area (Å²) in [5, 5.41) is 3.40. The summed E-state index contributed by atoms with van der Waals surface area (Å²) in [5.74, 6) is 0. The number of rotatable bonds is 2. The van der Waals surface area contributed by atoms with Crippen molar-refractivity contribution < 1.29 is 4.74 Å². The first kappa shape index (κ1) is 9.53. The van der Waals surface area contributed by atoms with Gasteiger partial charge in [-0.15, -0.1) is 0 Å². The van der Waals surface area contributed by atoms with Crippen molar-refractivity contribution in [3.63, 3.8) is 0 Å². The Balaban J connectivity index is 2.38. The molecule has 1 aromatic carbocycles. The van der Waals surface area contributed by atoms with E-state index >= 15 is 0 Å². The molecule has 0 saturated heterocycles. The first-order chi connectivity index (χ1) is 6.85. The first-order valence-corrected chi connectivity index (χ1v) is 5.24. The quantitative estimate of drug-likeness (QED) is 0.776.